The molecule has 1 aromatic carbocycles. The second-order valence-corrected chi connectivity index (χ2v) is 4.89. The maximum atomic E-state index is 12.7. The van der Waals surface area contributed by atoms with Crippen LogP contribution in [0.15, 0.2) is 30.3 Å². The number of halogens is 7. The Kier molecular flexibility index (Phi) is 4.77. The third kappa shape index (κ3) is 3.78. The molecule has 0 atom stereocenters. The van der Waals surface area contributed by atoms with Crippen LogP contribution in [0.4, 0.5) is 22.0 Å². The van der Waals surface area contributed by atoms with Gasteiger partial charge in [-0.15, -0.1) is 0 Å². The van der Waals surface area contributed by atoms with Gasteiger partial charge in [0, 0.05) is 10.6 Å². The maximum Gasteiger partial charge on any atom is 0.433 e. The lowest BCUT2D eigenvalue weighted by molar-refractivity contribution is -0.141. The second kappa shape index (κ2) is 6.26. The van der Waals surface area contributed by atoms with Gasteiger partial charge < -0.3 is 4.74 Å². The van der Waals surface area contributed by atoms with E-state index in [2.05, 4.69) is 9.72 Å². The van der Waals surface area contributed by atoms with Crippen LogP contribution in [0.25, 0.3) is 11.3 Å². The highest BCUT2D eigenvalue weighted by molar-refractivity contribution is 6.36. The van der Waals surface area contributed by atoms with Crippen molar-refractivity contribution in [1.82, 2.24) is 4.98 Å². The Balaban J connectivity index is 2.63. The number of nitrogens with zero attached hydrogens (tertiary/aromatic N) is 1. The van der Waals surface area contributed by atoms with Crippen molar-refractivity contribution in [2.24, 2.45) is 0 Å². The maximum absolute atomic E-state index is 12.7. The molecule has 0 N–H and O–H groups in total. The summed E-state index contributed by atoms with van der Waals surface area (Å²) < 4.78 is 67.2. The Morgan fingerprint density at radius 1 is 1.05 bits per heavy atom. The molecule has 118 valence electrons. The van der Waals surface area contributed by atoms with Gasteiger partial charge in [-0.2, -0.15) is 22.0 Å². The van der Waals surface area contributed by atoms with Crippen LogP contribution in [0.1, 0.15) is 5.69 Å². The molecule has 0 aliphatic heterocycles. The van der Waals surface area contributed by atoms with E-state index in [0.29, 0.717) is 6.07 Å². The van der Waals surface area contributed by atoms with E-state index < -0.39 is 29.9 Å². The summed E-state index contributed by atoms with van der Waals surface area (Å²) in [5.41, 5.74) is -1.71. The van der Waals surface area contributed by atoms with Gasteiger partial charge in [-0.25, -0.2) is 4.98 Å². The quantitative estimate of drug-likeness (QED) is 0.659. The Labute approximate surface area is 131 Å². The average molecular weight is 358 g/mol. The Morgan fingerprint density at radius 2 is 1.73 bits per heavy atom. The lowest BCUT2D eigenvalue weighted by Gasteiger charge is -2.14. The zero-order valence-electron chi connectivity index (χ0n) is 10.5. The number of ether oxygens (including phenoxy) is 1. The summed E-state index contributed by atoms with van der Waals surface area (Å²) in [6.45, 7) is -3.22. The molecule has 22 heavy (non-hydrogen) atoms. The summed E-state index contributed by atoms with van der Waals surface area (Å²) in [5.74, 6) is -0.521. The molecule has 2 aromatic rings. The monoisotopic (exact) mass is 357 g/mol. The van der Waals surface area contributed by atoms with Crippen LogP contribution >= 0.6 is 23.2 Å². The molecule has 9 heteroatoms. The van der Waals surface area contributed by atoms with Gasteiger partial charge in [0.25, 0.3) is 0 Å². The molecule has 0 radical (unpaired) electrons. The summed E-state index contributed by atoms with van der Waals surface area (Å²) in [6, 6.07) is 5.18. The molecule has 0 saturated carbocycles. The molecule has 1 heterocycles. The topological polar surface area (TPSA) is 22.1 Å². The minimum atomic E-state index is -4.74. The van der Waals surface area contributed by atoms with E-state index in [-0.39, 0.29) is 15.6 Å². The van der Waals surface area contributed by atoms with E-state index >= 15 is 0 Å². The largest absolute Gasteiger partial charge is 0.433 e. The van der Waals surface area contributed by atoms with Crippen molar-refractivity contribution in [2.75, 3.05) is 0 Å². The minimum Gasteiger partial charge on any atom is -0.432 e. The SMILES string of the molecule is FC(F)Oc1ccc(C(F)(F)F)nc1-c1ccc(Cl)cc1Cl. The van der Waals surface area contributed by atoms with Gasteiger partial charge in [-0.05, 0) is 30.3 Å². The Hall–Kier alpha value is -1.60. The van der Waals surface area contributed by atoms with Gasteiger partial charge in [0.15, 0.2) is 5.75 Å². The molecule has 2 rings (SSSR count). The zero-order chi connectivity index (χ0) is 16.5. The first-order chi connectivity index (χ1) is 10.2. The fourth-order valence-electron chi connectivity index (χ4n) is 1.67. The third-order valence-corrected chi connectivity index (χ3v) is 3.10. The van der Waals surface area contributed by atoms with Crippen LogP contribution in [-0.2, 0) is 6.18 Å². The first-order valence-corrected chi connectivity index (χ1v) is 6.42. The number of pyridine rings is 1. The summed E-state index contributed by atoms with van der Waals surface area (Å²) in [6.07, 6.45) is -4.74. The number of benzene rings is 1. The van der Waals surface area contributed by atoms with Crippen LogP contribution in [0.3, 0.4) is 0 Å². The van der Waals surface area contributed by atoms with E-state index in [1.807, 2.05) is 0 Å². The summed E-state index contributed by atoms with van der Waals surface area (Å²) in [5, 5.41) is 0.190. The van der Waals surface area contributed by atoms with E-state index in [1.54, 1.807) is 0 Å². The van der Waals surface area contributed by atoms with Crippen LogP contribution in [0.5, 0.6) is 5.75 Å². The standard InChI is InChI=1S/C13H6Cl2F5NO/c14-6-1-2-7(8(15)5-6)11-9(22-12(16)17)3-4-10(21-11)13(18,19)20/h1-5,12H. The number of hydrogen-bond acceptors (Lipinski definition) is 2. The lowest BCUT2D eigenvalue weighted by atomic mass is 10.1. The van der Waals surface area contributed by atoms with Gasteiger partial charge >= 0.3 is 12.8 Å². The van der Waals surface area contributed by atoms with Crippen LogP contribution in [0, 0.1) is 0 Å². The molecule has 0 saturated heterocycles. The second-order valence-electron chi connectivity index (χ2n) is 4.04. The normalized spacial score (nSPS) is 11.8. The molecule has 0 bridgehead atoms. The number of alkyl halides is 5. The van der Waals surface area contributed by atoms with Crippen molar-refractivity contribution >= 4 is 23.2 Å². The van der Waals surface area contributed by atoms with Crippen molar-refractivity contribution in [3.8, 4) is 17.0 Å². The van der Waals surface area contributed by atoms with E-state index in [4.69, 9.17) is 23.2 Å². The first-order valence-electron chi connectivity index (χ1n) is 5.67. The lowest BCUT2D eigenvalue weighted by Crippen LogP contribution is -2.11. The molecule has 1 aromatic heterocycles. The molecule has 0 aliphatic rings. The molecule has 2 nitrogen and oxygen atoms in total. The van der Waals surface area contributed by atoms with Crippen molar-refractivity contribution in [3.05, 3.63) is 46.1 Å². The molecule has 0 unspecified atom stereocenters. The number of hydrogen-bond donors (Lipinski definition) is 0. The molecule has 0 aliphatic carbocycles. The summed E-state index contributed by atoms with van der Waals surface area (Å²) in [7, 11) is 0. The highest BCUT2D eigenvalue weighted by Crippen LogP contribution is 2.38. The highest BCUT2D eigenvalue weighted by Gasteiger charge is 2.33. The summed E-state index contributed by atoms with van der Waals surface area (Å²) >= 11 is 11.6. The van der Waals surface area contributed by atoms with Gasteiger partial charge in [-0.1, -0.05) is 23.2 Å². The highest BCUT2D eigenvalue weighted by atomic mass is 35.5. The van der Waals surface area contributed by atoms with Gasteiger partial charge in [0.2, 0.25) is 0 Å². The van der Waals surface area contributed by atoms with Crippen molar-refractivity contribution < 1.29 is 26.7 Å². The summed E-state index contributed by atoms with van der Waals surface area (Å²) in [4.78, 5) is 3.35. The number of rotatable bonds is 3. The minimum absolute atomic E-state index is 0.00665. The van der Waals surface area contributed by atoms with Crippen LogP contribution < -0.4 is 4.74 Å². The van der Waals surface area contributed by atoms with Gasteiger partial charge in [0.05, 0.1) is 5.02 Å². The molecule has 0 fully saturated rings. The van der Waals surface area contributed by atoms with Crippen molar-refractivity contribution in [3.63, 3.8) is 0 Å². The van der Waals surface area contributed by atoms with E-state index in [1.165, 1.54) is 18.2 Å². The molecule has 0 amide bonds. The fourth-order valence-corrected chi connectivity index (χ4v) is 2.17. The van der Waals surface area contributed by atoms with Crippen LogP contribution in [-0.4, -0.2) is 11.6 Å². The van der Waals surface area contributed by atoms with Gasteiger partial charge in [-0.3, -0.25) is 0 Å². The van der Waals surface area contributed by atoms with Crippen molar-refractivity contribution in [1.29, 1.82) is 0 Å². The van der Waals surface area contributed by atoms with Crippen molar-refractivity contribution in [2.45, 2.75) is 12.8 Å². The zero-order valence-corrected chi connectivity index (χ0v) is 12.0. The smallest absolute Gasteiger partial charge is 0.432 e. The third-order valence-electron chi connectivity index (χ3n) is 2.55. The number of aromatic nitrogens is 1. The fraction of sp³-hybridized carbons (Fsp3) is 0.154. The van der Waals surface area contributed by atoms with E-state index in [0.717, 1.165) is 6.07 Å². The van der Waals surface area contributed by atoms with Crippen LogP contribution in [0.2, 0.25) is 10.0 Å². The predicted molar refractivity (Wildman–Crippen MR) is 71.3 cm³/mol. The average Bonchev–Trinajstić information content (AvgIpc) is 2.37. The molecular weight excluding hydrogens is 352 g/mol. The predicted octanol–water partition coefficient (Wildman–Crippen LogP) is 5.68. The van der Waals surface area contributed by atoms with E-state index in [9.17, 15) is 22.0 Å². The Morgan fingerprint density at radius 3 is 2.27 bits per heavy atom. The molecule has 0 spiro atoms. The Bertz CT molecular complexity index is 691. The first kappa shape index (κ1) is 16.8. The van der Waals surface area contributed by atoms with Gasteiger partial charge in [0.1, 0.15) is 11.4 Å². The molecular formula is C13H6Cl2F5NO.